The molecular formula is C23H32FIN4O3. The Morgan fingerprint density at radius 3 is 2.44 bits per heavy atom. The summed E-state index contributed by atoms with van der Waals surface area (Å²) in [6.07, 6.45) is 0.461. The van der Waals surface area contributed by atoms with Crippen molar-refractivity contribution in [1.29, 1.82) is 0 Å². The predicted molar refractivity (Wildman–Crippen MR) is 136 cm³/mol. The van der Waals surface area contributed by atoms with Gasteiger partial charge in [-0.05, 0) is 43.2 Å². The number of carbonyl (C=O) groups is 1. The first-order valence-electron chi connectivity index (χ1n) is 10.2. The summed E-state index contributed by atoms with van der Waals surface area (Å²) >= 11 is 0. The SMILES string of the molecule is COc1ccc(CCNC(=NCC(=O)N(C)C)NCC(C)Oc2ccccc2F)cc1.I. The van der Waals surface area contributed by atoms with Crippen LogP contribution < -0.4 is 20.1 Å². The van der Waals surface area contributed by atoms with E-state index < -0.39 is 5.82 Å². The average molecular weight is 558 g/mol. The lowest BCUT2D eigenvalue weighted by molar-refractivity contribution is -0.127. The summed E-state index contributed by atoms with van der Waals surface area (Å²) in [5.41, 5.74) is 1.15. The number of nitrogens with zero attached hydrogens (tertiary/aromatic N) is 2. The molecule has 0 bridgehead atoms. The number of nitrogens with one attached hydrogen (secondary N) is 2. The smallest absolute Gasteiger partial charge is 0.243 e. The predicted octanol–water partition coefficient (Wildman–Crippen LogP) is 3.09. The molecule has 32 heavy (non-hydrogen) atoms. The molecule has 0 radical (unpaired) electrons. The number of hydrogen-bond donors (Lipinski definition) is 2. The summed E-state index contributed by atoms with van der Waals surface area (Å²) in [7, 11) is 5.01. The standard InChI is InChI=1S/C23H31FN4O3.HI/c1-17(31-21-8-6-5-7-20(21)24)15-26-23(27-16-22(29)28(2)3)25-14-13-18-9-11-19(30-4)12-10-18;/h5-12,17H,13-16H2,1-4H3,(H2,25,26,27);1H. The fourth-order valence-electron chi connectivity index (χ4n) is 2.62. The van der Waals surface area contributed by atoms with E-state index >= 15 is 0 Å². The zero-order chi connectivity index (χ0) is 22.6. The summed E-state index contributed by atoms with van der Waals surface area (Å²) in [5, 5.41) is 6.39. The van der Waals surface area contributed by atoms with E-state index in [-0.39, 0.29) is 48.3 Å². The minimum Gasteiger partial charge on any atom is -0.497 e. The van der Waals surface area contributed by atoms with Crippen molar-refractivity contribution in [2.24, 2.45) is 4.99 Å². The lowest BCUT2D eigenvalue weighted by Gasteiger charge is -2.18. The maximum Gasteiger partial charge on any atom is 0.243 e. The first-order valence-corrected chi connectivity index (χ1v) is 10.2. The van der Waals surface area contributed by atoms with Gasteiger partial charge < -0.3 is 25.0 Å². The van der Waals surface area contributed by atoms with Gasteiger partial charge in [-0.3, -0.25) is 4.79 Å². The van der Waals surface area contributed by atoms with Crippen LogP contribution in [0.2, 0.25) is 0 Å². The van der Waals surface area contributed by atoms with Crippen molar-refractivity contribution in [3.05, 3.63) is 59.9 Å². The Hall–Kier alpha value is -2.56. The second kappa shape index (κ2) is 14.5. The number of hydrogen-bond acceptors (Lipinski definition) is 4. The molecule has 1 unspecified atom stereocenters. The van der Waals surface area contributed by atoms with Crippen LogP contribution in [0.1, 0.15) is 12.5 Å². The first kappa shape index (κ1) is 27.5. The van der Waals surface area contributed by atoms with Gasteiger partial charge in [0.1, 0.15) is 18.4 Å². The summed E-state index contributed by atoms with van der Waals surface area (Å²) in [4.78, 5) is 17.7. The van der Waals surface area contributed by atoms with Crippen LogP contribution in [0.15, 0.2) is 53.5 Å². The fourth-order valence-corrected chi connectivity index (χ4v) is 2.62. The normalized spacial score (nSPS) is 11.7. The molecular weight excluding hydrogens is 526 g/mol. The highest BCUT2D eigenvalue weighted by atomic mass is 127. The van der Waals surface area contributed by atoms with E-state index in [0.29, 0.717) is 19.0 Å². The number of halogens is 2. The van der Waals surface area contributed by atoms with Gasteiger partial charge in [0.2, 0.25) is 5.91 Å². The Balaban J connectivity index is 0.00000512. The third kappa shape index (κ3) is 9.71. The number of amides is 1. The van der Waals surface area contributed by atoms with Crippen molar-refractivity contribution in [2.75, 3.05) is 40.8 Å². The molecule has 0 aliphatic carbocycles. The molecule has 0 aromatic heterocycles. The molecule has 0 spiro atoms. The lowest BCUT2D eigenvalue weighted by Crippen LogP contribution is -2.43. The molecule has 0 saturated carbocycles. The van der Waals surface area contributed by atoms with Gasteiger partial charge in [0.05, 0.1) is 13.7 Å². The van der Waals surface area contributed by atoms with Gasteiger partial charge in [0.25, 0.3) is 0 Å². The monoisotopic (exact) mass is 558 g/mol. The van der Waals surface area contributed by atoms with E-state index in [4.69, 9.17) is 9.47 Å². The van der Waals surface area contributed by atoms with Crippen LogP contribution in [0.4, 0.5) is 4.39 Å². The van der Waals surface area contributed by atoms with E-state index in [1.807, 2.05) is 31.2 Å². The summed E-state index contributed by atoms with van der Waals surface area (Å²) in [6, 6.07) is 14.1. The number of likely N-dealkylation sites (N-methyl/N-ethyl adjacent to an activating group) is 1. The molecule has 1 amide bonds. The number of guanidine groups is 1. The second-order valence-corrected chi connectivity index (χ2v) is 7.22. The highest BCUT2D eigenvalue weighted by Crippen LogP contribution is 2.16. The molecule has 2 aromatic rings. The van der Waals surface area contributed by atoms with Gasteiger partial charge in [-0.25, -0.2) is 9.38 Å². The van der Waals surface area contributed by atoms with Crippen molar-refractivity contribution < 1.29 is 18.7 Å². The number of benzene rings is 2. The number of carbonyl (C=O) groups excluding carboxylic acids is 1. The minimum atomic E-state index is -0.405. The van der Waals surface area contributed by atoms with Gasteiger partial charge >= 0.3 is 0 Å². The number of methoxy groups -OCH3 is 1. The Labute approximate surface area is 206 Å². The molecule has 0 heterocycles. The Morgan fingerprint density at radius 1 is 1.12 bits per heavy atom. The quantitative estimate of drug-likeness (QED) is 0.267. The van der Waals surface area contributed by atoms with E-state index in [1.54, 1.807) is 39.4 Å². The van der Waals surface area contributed by atoms with Gasteiger partial charge in [-0.1, -0.05) is 24.3 Å². The average Bonchev–Trinajstić information content (AvgIpc) is 2.77. The minimum absolute atomic E-state index is 0. The maximum atomic E-state index is 13.8. The molecule has 0 aliphatic heterocycles. The Bertz CT molecular complexity index is 863. The van der Waals surface area contributed by atoms with E-state index in [1.165, 1.54) is 11.0 Å². The van der Waals surface area contributed by atoms with Crippen molar-refractivity contribution in [3.63, 3.8) is 0 Å². The van der Waals surface area contributed by atoms with Crippen LogP contribution in [0.5, 0.6) is 11.5 Å². The molecule has 0 saturated heterocycles. The van der Waals surface area contributed by atoms with Gasteiger partial charge in [0.15, 0.2) is 17.5 Å². The summed E-state index contributed by atoms with van der Waals surface area (Å²) in [6.45, 7) is 2.86. The molecule has 0 aliphatic rings. The lowest BCUT2D eigenvalue weighted by atomic mass is 10.1. The third-order valence-electron chi connectivity index (χ3n) is 4.46. The molecule has 1 atom stereocenters. The highest BCUT2D eigenvalue weighted by Gasteiger charge is 2.10. The number of rotatable bonds is 10. The van der Waals surface area contributed by atoms with Crippen LogP contribution in [-0.2, 0) is 11.2 Å². The molecule has 176 valence electrons. The number of ether oxygens (including phenoxy) is 2. The molecule has 2 aromatic carbocycles. The van der Waals surface area contributed by atoms with Crippen molar-refractivity contribution >= 4 is 35.8 Å². The van der Waals surface area contributed by atoms with Crippen LogP contribution >= 0.6 is 24.0 Å². The van der Waals surface area contributed by atoms with E-state index in [9.17, 15) is 9.18 Å². The van der Waals surface area contributed by atoms with Crippen LogP contribution in [0, 0.1) is 5.82 Å². The molecule has 2 rings (SSSR count). The third-order valence-corrected chi connectivity index (χ3v) is 4.46. The van der Waals surface area contributed by atoms with Gasteiger partial charge in [0, 0.05) is 20.6 Å². The first-order chi connectivity index (χ1) is 14.9. The molecule has 9 heteroatoms. The van der Waals surface area contributed by atoms with E-state index in [0.717, 1.165) is 17.7 Å². The summed E-state index contributed by atoms with van der Waals surface area (Å²) < 4.78 is 24.6. The molecule has 0 fully saturated rings. The second-order valence-electron chi connectivity index (χ2n) is 7.22. The Morgan fingerprint density at radius 2 is 1.81 bits per heavy atom. The van der Waals surface area contributed by atoms with Crippen molar-refractivity contribution in [2.45, 2.75) is 19.4 Å². The van der Waals surface area contributed by atoms with Crippen LogP contribution in [0.3, 0.4) is 0 Å². The topological polar surface area (TPSA) is 75.2 Å². The largest absolute Gasteiger partial charge is 0.497 e. The molecule has 2 N–H and O–H groups in total. The van der Waals surface area contributed by atoms with Crippen molar-refractivity contribution in [3.8, 4) is 11.5 Å². The molecule has 7 nitrogen and oxygen atoms in total. The summed E-state index contributed by atoms with van der Waals surface area (Å²) in [5.74, 6) is 0.995. The fraction of sp³-hybridized carbons (Fsp3) is 0.391. The van der Waals surface area contributed by atoms with Crippen molar-refractivity contribution in [1.82, 2.24) is 15.5 Å². The number of para-hydroxylation sites is 1. The van der Waals surface area contributed by atoms with Gasteiger partial charge in [-0.2, -0.15) is 0 Å². The highest BCUT2D eigenvalue weighted by molar-refractivity contribution is 14.0. The van der Waals surface area contributed by atoms with Crippen LogP contribution in [-0.4, -0.2) is 63.7 Å². The maximum absolute atomic E-state index is 13.8. The van der Waals surface area contributed by atoms with Gasteiger partial charge in [-0.15, -0.1) is 24.0 Å². The van der Waals surface area contributed by atoms with Crippen LogP contribution in [0.25, 0.3) is 0 Å². The Kier molecular flexibility index (Phi) is 12.4. The van der Waals surface area contributed by atoms with E-state index in [2.05, 4.69) is 15.6 Å². The number of aliphatic imine (C=N–C) groups is 1. The zero-order valence-corrected chi connectivity index (χ0v) is 21.3. The zero-order valence-electron chi connectivity index (χ0n) is 18.9.